The topological polar surface area (TPSA) is 80.4 Å². The minimum atomic E-state index is -3.12. The van der Waals surface area contributed by atoms with E-state index in [9.17, 15) is 0 Å². The molecule has 11 heavy (non-hydrogen) atoms. The summed E-state index contributed by atoms with van der Waals surface area (Å²) in [5, 5.41) is 0. The molecule has 0 amide bonds. The number of nitrogens with two attached hydrogens (primary N) is 1. The zero-order valence-corrected chi connectivity index (χ0v) is 6.57. The van der Waals surface area contributed by atoms with Crippen LogP contribution in [0.2, 0.25) is 0 Å². The van der Waals surface area contributed by atoms with Gasteiger partial charge in [-0.3, -0.25) is 4.55 Å². The highest BCUT2D eigenvalue weighted by atomic mass is 32.2. The van der Waals surface area contributed by atoms with Crippen LogP contribution in [0.15, 0.2) is 30.3 Å². The molecule has 0 atom stereocenters. The summed E-state index contributed by atoms with van der Waals surface area (Å²) in [6.07, 6.45) is 0. The SMILES string of the molecule is Nc1ccccc1.O=[SH](=O)O. The number of anilines is 1. The summed E-state index contributed by atoms with van der Waals surface area (Å²) in [4.78, 5) is 0. The van der Waals surface area contributed by atoms with Crippen LogP contribution in [0.1, 0.15) is 0 Å². The molecule has 0 aliphatic carbocycles. The van der Waals surface area contributed by atoms with E-state index in [1.807, 2.05) is 30.3 Å². The fourth-order valence-corrected chi connectivity index (χ4v) is 0.453. The molecule has 62 valence electrons. The summed E-state index contributed by atoms with van der Waals surface area (Å²) in [5.41, 5.74) is 6.18. The van der Waals surface area contributed by atoms with E-state index in [2.05, 4.69) is 0 Å². The minimum absolute atomic E-state index is 0.822. The molecule has 0 bridgehead atoms. The Morgan fingerprint density at radius 1 is 1.18 bits per heavy atom. The summed E-state index contributed by atoms with van der Waals surface area (Å²) in [6.45, 7) is 0. The second kappa shape index (κ2) is 5.70. The quantitative estimate of drug-likeness (QED) is 0.302. The molecular formula is C6H9NO3S. The van der Waals surface area contributed by atoms with E-state index in [0.717, 1.165) is 5.69 Å². The lowest BCUT2D eigenvalue weighted by atomic mass is 10.3. The lowest BCUT2D eigenvalue weighted by Crippen LogP contribution is -1.79. The molecule has 0 saturated carbocycles. The predicted molar refractivity (Wildman–Crippen MR) is 43.8 cm³/mol. The van der Waals surface area contributed by atoms with Crippen LogP contribution in [0.5, 0.6) is 0 Å². The molecule has 0 heterocycles. The van der Waals surface area contributed by atoms with Gasteiger partial charge in [-0.1, -0.05) is 18.2 Å². The van der Waals surface area contributed by atoms with Gasteiger partial charge in [0.15, 0.2) is 0 Å². The molecule has 0 unspecified atom stereocenters. The first-order valence-electron chi connectivity index (χ1n) is 2.76. The van der Waals surface area contributed by atoms with Crippen molar-refractivity contribution in [2.75, 3.05) is 5.73 Å². The Morgan fingerprint density at radius 2 is 1.55 bits per heavy atom. The second-order valence-electron chi connectivity index (χ2n) is 1.65. The highest BCUT2D eigenvalue weighted by molar-refractivity contribution is 7.66. The third-order valence-corrected chi connectivity index (χ3v) is 0.800. The van der Waals surface area contributed by atoms with Gasteiger partial charge in [-0.25, -0.2) is 8.42 Å². The van der Waals surface area contributed by atoms with Crippen molar-refractivity contribution in [1.29, 1.82) is 0 Å². The van der Waals surface area contributed by atoms with Gasteiger partial charge in [0.1, 0.15) is 0 Å². The third kappa shape index (κ3) is 8.93. The smallest absolute Gasteiger partial charge is 0.254 e. The van der Waals surface area contributed by atoms with Crippen molar-refractivity contribution in [1.82, 2.24) is 0 Å². The van der Waals surface area contributed by atoms with Gasteiger partial charge in [0.2, 0.25) is 0 Å². The Hall–Kier alpha value is -1.07. The maximum absolute atomic E-state index is 8.59. The standard InChI is InChI=1S/C6H7N.H2O3S/c7-6-4-2-1-3-5-6;1-4(2)3/h1-5H,7H2;4H,(H,1,2,3). The van der Waals surface area contributed by atoms with Crippen LogP contribution in [0.25, 0.3) is 0 Å². The maximum atomic E-state index is 8.59. The van der Waals surface area contributed by atoms with Crippen LogP contribution in [-0.2, 0) is 11.0 Å². The number of benzene rings is 1. The van der Waals surface area contributed by atoms with Crippen LogP contribution in [0.3, 0.4) is 0 Å². The molecule has 3 N–H and O–H groups in total. The number of hydrogen-bond acceptors (Lipinski definition) is 3. The molecular weight excluding hydrogens is 166 g/mol. The largest absolute Gasteiger partial charge is 0.399 e. The molecule has 4 nitrogen and oxygen atoms in total. The summed E-state index contributed by atoms with van der Waals surface area (Å²) in [5.74, 6) is 0. The van der Waals surface area contributed by atoms with Gasteiger partial charge in [0, 0.05) is 5.69 Å². The molecule has 1 aromatic rings. The van der Waals surface area contributed by atoms with E-state index in [1.54, 1.807) is 0 Å². The molecule has 1 aromatic carbocycles. The Labute approximate surface area is 66.4 Å². The maximum Gasteiger partial charge on any atom is 0.254 e. The number of para-hydroxylation sites is 1. The van der Waals surface area contributed by atoms with Crippen molar-refractivity contribution >= 4 is 16.7 Å². The van der Waals surface area contributed by atoms with Gasteiger partial charge in [0.05, 0.1) is 0 Å². The Bertz CT molecular complexity index is 250. The van der Waals surface area contributed by atoms with E-state index >= 15 is 0 Å². The van der Waals surface area contributed by atoms with E-state index in [1.165, 1.54) is 0 Å². The molecule has 0 aromatic heterocycles. The molecule has 5 heteroatoms. The Morgan fingerprint density at radius 3 is 1.73 bits per heavy atom. The number of hydrogen-bond donors (Lipinski definition) is 3. The fourth-order valence-electron chi connectivity index (χ4n) is 0.453. The van der Waals surface area contributed by atoms with Gasteiger partial charge in [-0.15, -0.1) is 0 Å². The van der Waals surface area contributed by atoms with Gasteiger partial charge in [0.25, 0.3) is 11.0 Å². The first-order chi connectivity index (χ1) is 5.13. The first-order valence-corrected chi connectivity index (χ1v) is 3.89. The highest BCUT2D eigenvalue weighted by Gasteiger charge is 1.72. The Balaban J connectivity index is 0.000000218. The molecule has 0 radical (unpaired) electrons. The van der Waals surface area contributed by atoms with Crippen LogP contribution in [0, 0.1) is 0 Å². The van der Waals surface area contributed by atoms with Crippen molar-refractivity contribution in [2.45, 2.75) is 0 Å². The van der Waals surface area contributed by atoms with Crippen molar-refractivity contribution < 1.29 is 13.0 Å². The third-order valence-electron chi connectivity index (χ3n) is 0.800. The molecule has 0 spiro atoms. The summed E-state index contributed by atoms with van der Waals surface area (Å²) < 4.78 is 24.2. The number of thiol groups is 1. The van der Waals surface area contributed by atoms with Crippen LogP contribution >= 0.6 is 0 Å². The number of rotatable bonds is 0. The predicted octanol–water partition coefficient (Wildman–Crippen LogP) is 0.340. The van der Waals surface area contributed by atoms with Gasteiger partial charge >= 0.3 is 0 Å². The first kappa shape index (κ1) is 9.93. The summed E-state index contributed by atoms with van der Waals surface area (Å²) in [7, 11) is -3.12. The fraction of sp³-hybridized carbons (Fsp3) is 0. The average molecular weight is 175 g/mol. The summed E-state index contributed by atoms with van der Waals surface area (Å²) >= 11 is 0. The second-order valence-corrected chi connectivity index (χ2v) is 2.12. The summed E-state index contributed by atoms with van der Waals surface area (Å²) in [6, 6.07) is 9.49. The van der Waals surface area contributed by atoms with Crippen LogP contribution in [0.4, 0.5) is 5.69 Å². The van der Waals surface area contributed by atoms with Gasteiger partial charge < -0.3 is 5.73 Å². The molecule has 0 fully saturated rings. The van der Waals surface area contributed by atoms with E-state index in [0.29, 0.717) is 0 Å². The highest BCUT2D eigenvalue weighted by Crippen LogP contribution is 1.95. The van der Waals surface area contributed by atoms with Gasteiger partial charge in [-0.05, 0) is 12.1 Å². The van der Waals surface area contributed by atoms with Crippen molar-refractivity contribution in [3.8, 4) is 0 Å². The lowest BCUT2D eigenvalue weighted by Gasteiger charge is -1.83. The molecule has 0 saturated heterocycles. The van der Waals surface area contributed by atoms with Crippen molar-refractivity contribution in [2.24, 2.45) is 0 Å². The molecule has 0 aliphatic heterocycles. The van der Waals surface area contributed by atoms with Crippen molar-refractivity contribution in [3.63, 3.8) is 0 Å². The van der Waals surface area contributed by atoms with E-state index < -0.39 is 11.0 Å². The van der Waals surface area contributed by atoms with Gasteiger partial charge in [-0.2, -0.15) is 0 Å². The minimum Gasteiger partial charge on any atom is -0.399 e. The molecule has 1 rings (SSSR count). The lowest BCUT2D eigenvalue weighted by molar-refractivity contribution is 0.509. The molecule has 0 aliphatic rings. The zero-order valence-electron chi connectivity index (χ0n) is 5.68. The zero-order chi connectivity index (χ0) is 8.69. The van der Waals surface area contributed by atoms with Crippen molar-refractivity contribution in [3.05, 3.63) is 30.3 Å². The van der Waals surface area contributed by atoms with Crippen LogP contribution < -0.4 is 5.73 Å². The average Bonchev–Trinajstić information content (AvgIpc) is 1.87. The van der Waals surface area contributed by atoms with E-state index in [4.69, 9.17) is 18.7 Å². The Kier molecular flexibility index (Phi) is 5.14. The monoisotopic (exact) mass is 175 g/mol. The van der Waals surface area contributed by atoms with Crippen LogP contribution in [-0.4, -0.2) is 13.0 Å². The van der Waals surface area contributed by atoms with E-state index in [-0.39, 0.29) is 0 Å². The normalized spacial score (nSPS) is 8.55. The number of nitrogen functional groups attached to an aromatic ring is 1.